The van der Waals surface area contributed by atoms with Crippen molar-refractivity contribution >= 4 is 34.0 Å². The summed E-state index contributed by atoms with van der Waals surface area (Å²) < 4.78 is 5.03. The smallest absolute Gasteiger partial charge is 0.408 e. The second-order valence-corrected chi connectivity index (χ2v) is 6.85. The van der Waals surface area contributed by atoms with Crippen LogP contribution in [-0.2, 0) is 11.2 Å². The number of hydrogen-bond acceptors (Lipinski definition) is 5. The van der Waals surface area contributed by atoms with E-state index in [1.807, 2.05) is 34.5 Å². The van der Waals surface area contributed by atoms with E-state index in [1.54, 1.807) is 17.4 Å². The third kappa shape index (κ3) is 2.94. The monoisotopic (exact) mass is 343 g/mol. The highest BCUT2D eigenvalue weighted by molar-refractivity contribution is 7.10. The van der Waals surface area contributed by atoms with E-state index >= 15 is 0 Å². The molecule has 1 aliphatic rings. The lowest BCUT2D eigenvalue weighted by Crippen LogP contribution is -2.49. The molecule has 6 nitrogen and oxygen atoms in total. The number of nitrogens with zero attached hydrogens (tertiary/aromatic N) is 2. The molecule has 7 heteroatoms. The molecule has 1 N–H and O–H groups in total. The number of thiophene rings is 1. The molecule has 2 aromatic heterocycles. The molecule has 24 heavy (non-hydrogen) atoms. The second-order valence-electron chi connectivity index (χ2n) is 5.82. The molecule has 1 fully saturated rings. The highest BCUT2D eigenvalue weighted by Gasteiger charge is 2.22. The highest BCUT2D eigenvalue weighted by Crippen LogP contribution is 2.21. The molecule has 124 valence electrons. The number of piperazine rings is 1. The van der Waals surface area contributed by atoms with Crippen LogP contribution in [0, 0.1) is 0 Å². The Balaban J connectivity index is 1.41. The number of fused-ring (bicyclic) bond motifs is 1. The van der Waals surface area contributed by atoms with Crippen LogP contribution in [0.4, 0.5) is 5.69 Å². The number of aromatic nitrogens is 1. The fourth-order valence-corrected chi connectivity index (χ4v) is 3.72. The number of anilines is 1. The fraction of sp³-hybridized carbons (Fsp3) is 0.294. The lowest BCUT2D eigenvalue weighted by Gasteiger charge is -2.36. The molecule has 0 atom stereocenters. The van der Waals surface area contributed by atoms with Crippen molar-refractivity contribution in [2.45, 2.75) is 6.42 Å². The molecule has 1 aromatic carbocycles. The highest BCUT2D eigenvalue weighted by atomic mass is 32.1. The van der Waals surface area contributed by atoms with Crippen molar-refractivity contribution in [2.24, 2.45) is 0 Å². The Morgan fingerprint density at radius 1 is 1.21 bits per heavy atom. The average Bonchev–Trinajstić information content (AvgIpc) is 3.22. The Bertz CT molecular complexity index is 905. The summed E-state index contributed by atoms with van der Waals surface area (Å²) in [6, 6.07) is 9.64. The van der Waals surface area contributed by atoms with Crippen molar-refractivity contribution in [1.29, 1.82) is 0 Å². The van der Waals surface area contributed by atoms with E-state index in [9.17, 15) is 9.59 Å². The number of carbonyl (C=O) groups is 1. The molecule has 3 aromatic rings. The van der Waals surface area contributed by atoms with Crippen LogP contribution in [0.1, 0.15) is 4.88 Å². The van der Waals surface area contributed by atoms with Crippen LogP contribution in [0.5, 0.6) is 0 Å². The van der Waals surface area contributed by atoms with Gasteiger partial charge in [-0.05, 0) is 29.6 Å². The maximum absolute atomic E-state index is 12.3. The fourth-order valence-electron chi connectivity index (χ4n) is 3.02. The molecule has 0 bridgehead atoms. The first-order chi connectivity index (χ1) is 11.7. The number of hydrogen-bond donors (Lipinski definition) is 1. The van der Waals surface area contributed by atoms with Gasteiger partial charge in [-0.15, -0.1) is 11.3 Å². The Morgan fingerprint density at radius 3 is 2.79 bits per heavy atom. The Labute approximate surface area is 142 Å². The van der Waals surface area contributed by atoms with Crippen molar-refractivity contribution in [3.05, 3.63) is 51.1 Å². The van der Waals surface area contributed by atoms with Crippen LogP contribution >= 0.6 is 11.3 Å². The molecule has 0 radical (unpaired) electrons. The summed E-state index contributed by atoms with van der Waals surface area (Å²) in [5.74, 6) is -0.252. The Morgan fingerprint density at radius 2 is 2.04 bits per heavy atom. The number of aromatic amines is 1. The lowest BCUT2D eigenvalue weighted by atomic mass is 10.2. The molecule has 0 saturated carbocycles. The maximum Gasteiger partial charge on any atom is 0.417 e. The molecule has 1 saturated heterocycles. The SMILES string of the molecule is O=C(Cc1cccs1)N1CCN(c2ccc3oc(=O)[nH]c3c2)CC1. The summed E-state index contributed by atoms with van der Waals surface area (Å²) in [5, 5.41) is 2.00. The zero-order valence-electron chi connectivity index (χ0n) is 13.0. The predicted molar refractivity (Wildman–Crippen MR) is 93.7 cm³/mol. The first-order valence-corrected chi connectivity index (χ1v) is 8.75. The van der Waals surface area contributed by atoms with Crippen molar-refractivity contribution in [2.75, 3.05) is 31.1 Å². The van der Waals surface area contributed by atoms with E-state index in [0.717, 1.165) is 23.7 Å². The first-order valence-electron chi connectivity index (χ1n) is 7.87. The zero-order valence-corrected chi connectivity index (χ0v) is 13.8. The lowest BCUT2D eigenvalue weighted by molar-refractivity contribution is -0.130. The van der Waals surface area contributed by atoms with E-state index < -0.39 is 5.76 Å². The van der Waals surface area contributed by atoms with E-state index in [2.05, 4.69) is 9.88 Å². The minimum Gasteiger partial charge on any atom is -0.408 e. The summed E-state index contributed by atoms with van der Waals surface area (Å²) in [4.78, 5) is 31.5. The topological polar surface area (TPSA) is 69.6 Å². The summed E-state index contributed by atoms with van der Waals surface area (Å²) >= 11 is 1.62. The largest absolute Gasteiger partial charge is 0.417 e. The zero-order chi connectivity index (χ0) is 16.5. The standard InChI is InChI=1S/C17H17N3O3S/c21-16(11-13-2-1-9-24-13)20-7-5-19(6-8-20)12-3-4-15-14(10-12)18-17(22)23-15/h1-4,9-10H,5-8,11H2,(H,18,22). The summed E-state index contributed by atoms with van der Waals surface area (Å²) in [6.07, 6.45) is 0.486. The van der Waals surface area contributed by atoms with Gasteiger partial charge in [0.2, 0.25) is 5.91 Å². The number of benzene rings is 1. The van der Waals surface area contributed by atoms with Crippen molar-refractivity contribution < 1.29 is 9.21 Å². The summed E-state index contributed by atoms with van der Waals surface area (Å²) in [6.45, 7) is 2.99. The molecule has 4 rings (SSSR count). The number of amides is 1. The third-order valence-electron chi connectivity index (χ3n) is 4.31. The Hall–Kier alpha value is -2.54. The van der Waals surface area contributed by atoms with Gasteiger partial charge in [0.1, 0.15) is 0 Å². The third-order valence-corrected chi connectivity index (χ3v) is 5.18. The van der Waals surface area contributed by atoms with Crippen LogP contribution in [0.25, 0.3) is 11.1 Å². The van der Waals surface area contributed by atoms with Gasteiger partial charge in [0.05, 0.1) is 11.9 Å². The number of rotatable bonds is 3. The Kier molecular flexibility index (Phi) is 3.86. The van der Waals surface area contributed by atoms with Gasteiger partial charge in [0.15, 0.2) is 5.58 Å². The number of H-pyrrole nitrogens is 1. The molecule has 0 aliphatic carbocycles. The summed E-state index contributed by atoms with van der Waals surface area (Å²) in [5.41, 5.74) is 2.30. The molecule has 1 aliphatic heterocycles. The van der Waals surface area contributed by atoms with Gasteiger partial charge in [0.25, 0.3) is 0 Å². The summed E-state index contributed by atoms with van der Waals surface area (Å²) in [7, 11) is 0. The molecule has 1 amide bonds. The number of oxazole rings is 1. The average molecular weight is 343 g/mol. The molecule has 0 unspecified atom stereocenters. The molecule has 0 spiro atoms. The molecule has 3 heterocycles. The number of nitrogens with one attached hydrogen (secondary N) is 1. The van der Waals surface area contributed by atoms with Gasteiger partial charge in [-0.3, -0.25) is 9.78 Å². The van der Waals surface area contributed by atoms with E-state index in [0.29, 0.717) is 30.6 Å². The van der Waals surface area contributed by atoms with E-state index in [1.165, 1.54) is 0 Å². The minimum atomic E-state index is -0.439. The van der Waals surface area contributed by atoms with E-state index in [4.69, 9.17) is 4.42 Å². The van der Waals surface area contributed by atoms with Gasteiger partial charge < -0.3 is 14.2 Å². The minimum absolute atomic E-state index is 0.187. The predicted octanol–water partition coefficient (Wildman–Crippen LogP) is 2.07. The van der Waals surface area contributed by atoms with Crippen LogP contribution in [0.3, 0.4) is 0 Å². The van der Waals surface area contributed by atoms with Gasteiger partial charge in [-0.1, -0.05) is 6.07 Å². The van der Waals surface area contributed by atoms with Gasteiger partial charge >= 0.3 is 5.76 Å². The second kappa shape index (κ2) is 6.16. The van der Waals surface area contributed by atoms with Crippen LogP contribution in [-0.4, -0.2) is 42.0 Å². The van der Waals surface area contributed by atoms with Gasteiger partial charge in [0, 0.05) is 36.7 Å². The molecular weight excluding hydrogens is 326 g/mol. The van der Waals surface area contributed by atoms with Gasteiger partial charge in [-0.2, -0.15) is 0 Å². The van der Waals surface area contributed by atoms with Crippen LogP contribution in [0.2, 0.25) is 0 Å². The maximum atomic E-state index is 12.3. The van der Waals surface area contributed by atoms with Gasteiger partial charge in [-0.25, -0.2) is 4.79 Å². The van der Waals surface area contributed by atoms with Crippen molar-refractivity contribution in [3.63, 3.8) is 0 Å². The molecular formula is C17H17N3O3S. The quantitative estimate of drug-likeness (QED) is 0.790. The van der Waals surface area contributed by atoms with E-state index in [-0.39, 0.29) is 5.91 Å². The number of carbonyl (C=O) groups excluding carboxylic acids is 1. The normalized spacial score (nSPS) is 15.2. The van der Waals surface area contributed by atoms with Crippen molar-refractivity contribution in [3.8, 4) is 0 Å². The van der Waals surface area contributed by atoms with Crippen molar-refractivity contribution in [1.82, 2.24) is 9.88 Å². The van der Waals surface area contributed by atoms with Crippen LogP contribution in [0.15, 0.2) is 44.9 Å². The first kappa shape index (κ1) is 15.0. The van der Waals surface area contributed by atoms with Crippen LogP contribution < -0.4 is 10.7 Å².